The van der Waals surface area contributed by atoms with Crippen LogP contribution < -0.4 is 0 Å². The fraction of sp³-hybridized carbons (Fsp3) is 1.00. The van der Waals surface area contributed by atoms with E-state index in [9.17, 15) is 0 Å². The van der Waals surface area contributed by atoms with Crippen molar-refractivity contribution < 1.29 is 8.97 Å². The normalized spacial score (nSPS) is 12.4. The summed E-state index contributed by atoms with van der Waals surface area (Å²) in [6.45, 7) is 10.1. The summed E-state index contributed by atoms with van der Waals surface area (Å²) in [5.41, 5.74) is 0. The second-order valence-electron chi connectivity index (χ2n) is 15.0. The second kappa shape index (κ2) is 29.0. The Bertz CT molecular complexity index is 440. The van der Waals surface area contributed by atoms with E-state index >= 15 is 0 Å². The van der Waals surface area contributed by atoms with Crippen LogP contribution in [0.4, 0.5) is 0 Å². The molecule has 0 radical (unpaired) electrons. The first-order chi connectivity index (χ1) is 19.3. The quantitative estimate of drug-likeness (QED) is 0.0547. The van der Waals surface area contributed by atoms with E-state index in [2.05, 4.69) is 42.0 Å². The summed E-state index contributed by atoms with van der Waals surface area (Å²) < 4.78 is 2.48. The molecule has 0 spiro atoms. The minimum Gasteiger partial charge on any atom is -0.328 e. The highest BCUT2D eigenvalue weighted by atomic mass is 15.3. The average Bonchev–Trinajstić information content (AvgIpc) is 2.91. The molecule has 0 aromatic carbocycles. The number of rotatable bonds is 33. The van der Waals surface area contributed by atoms with E-state index in [1.54, 1.807) is 0 Å². The molecule has 0 aromatic heterocycles. The molecule has 0 heterocycles. The fourth-order valence-corrected chi connectivity index (χ4v) is 6.42. The van der Waals surface area contributed by atoms with E-state index in [-0.39, 0.29) is 0 Å². The lowest BCUT2D eigenvalue weighted by atomic mass is 10.1. The molecule has 0 fully saturated rings. The molecule has 242 valence electrons. The molecule has 0 N–H and O–H groups in total. The van der Waals surface area contributed by atoms with Gasteiger partial charge in [-0.1, -0.05) is 142 Å². The molecule has 0 bridgehead atoms. The van der Waals surface area contributed by atoms with E-state index in [1.807, 2.05) is 0 Å². The first-order valence-electron chi connectivity index (χ1n) is 19.0. The van der Waals surface area contributed by atoms with Crippen LogP contribution >= 0.6 is 0 Å². The van der Waals surface area contributed by atoms with Crippen LogP contribution in [0, 0.1) is 0 Å². The summed E-state index contributed by atoms with van der Waals surface area (Å²) in [6.07, 6.45) is 40.5. The molecule has 0 unspecified atom stereocenters. The lowest BCUT2D eigenvalue weighted by molar-refractivity contribution is -0.890. The van der Waals surface area contributed by atoms with Crippen LogP contribution in [0.3, 0.4) is 0 Å². The van der Waals surface area contributed by atoms with Gasteiger partial charge in [0.05, 0.1) is 54.4 Å². The zero-order valence-corrected chi connectivity index (χ0v) is 29.5. The monoisotopic (exact) mass is 567 g/mol. The number of hydrogen-bond acceptors (Lipinski definition) is 0. The molecule has 2 heteroatoms. The molecule has 0 saturated carbocycles. The van der Waals surface area contributed by atoms with Crippen LogP contribution in [0.5, 0.6) is 0 Å². The van der Waals surface area contributed by atoms with Gasteiger partial charge in [-0.15, -0.1) is 0 Å². The van der Waals surface area contributed by atoms with Crippen molar-refractivity contribution in [3.63, 3.8) is 0 Å². The van der Waals surface area contributed by atoms with Gasteiger partial charge in [0.25, 0.3) is 0 Å². The largest absolute Gasteiger partial charge is 0.328 e. The van der Waals surface area contributed by atoms with Crippen molar-refractivity contribution in [2.75, 3.05) is 54.4 Å². The third-order valence-corrected chi connectivity index (χ3v) is 9.51. The molecule has 2 nitrogen and oxygen atoms in total. The van der Waals surface area contributed by atoms with E-state index in [4.69, 9.17) is 0 Å². The molecule has 0 aliphatic heterocycles. The standard InChI is InChI=1S/C38H82N2/c1-7-9-11-13-15-17-19-21-23-27-31-35-39(3,4)37-33-29-25-26-30-34-38-40(5,6)36-32-28-24-22-20-18-16-14-12-10-8-2/h7-38H2,1-6H3/q+2. The van der Waals surface area contributed by atoms with Crippen molar-refractivity contribution in [2.45, 2.75) is 194 Å². The van der Waals surface area contributed by atoms with Crippen LogP contribution in [0.2, 0.25) is 0 Å². The highest BCUT2D eigenvalue weighted by Gasteiger charge is 2.15. The lowest BCUT2D eigenvalue weighted by Gasteiger charge is -2.30. The first-order valence-corrected chi connectivity index (χ1v) is 19.0. The maximum absolute atomic E-state index is 2.46. The van der Waals surface area contributed by atoms with Gasteiger partial charge in [0.15, 0.2) is 0 Å². The van der Waals surface area contributed by atoms with Crippen LogP contribution in [0.1, 0.15) is 194 Å². The van der Waals surface area contributed by atoms with Gasteiger partial charge >= 0.3 is 0 Å². The van der Waals surface area contributed by atoms with Crippen LogP contribution in [-0.4, -0.2) is 63.3 Å². The third kappa shape index (κ3) is 30.9. The molecular formula is C38H82N2+2. The molecule has 0 aliphatic carbocycles. The summed E-state index contributed by atoms with van der Waals surface area (Å²) in [4.78, 5) is 0. The van der Waals surface area contributed by atoms with Gasteiger partial charge in [0, 0.05) is 0 Å². The molecule has 0 aromatic rings. The van der Waals surface area contributed by atoms with Crippen molar-refractivity contribution in [2.24, 2.45) is 0 Å². The van der Waals surface area contributed by atoms with Gasteiger partial charge in [-0.05, 0) is 51.4 Å². The Morgan fingerprint density at radius 3 is 0.550 bits per heavy atom. The van der Waals surface area contributed by atoms with Crippen LogP contribution in [-0.2, 0) is 0 Å². The summed E-state index contributed by atoms with van der Waals surface area (Å²) >= 11 is 0. The Balaban J connectivity index is 3.48. The van der Waals surface area contributed by atoms with E-state index in [0.29, 0.717) is 0 Å². The Hall–Kier alpha value is -0.0800. The van der Waals surface area contributed by atoms with Gasteiger partial charge in [0.2, 0.25) is 0 Å². The van der Waals surface area contributed by atoms with Crippen molar-refractivity contribution in [3.05, 3.63) is 0 Å². The van der Waals surface area contributed by atoms with E-state index in [0.717, 1.165) is 0 Å². The average molecular weight is 567 g/mol. The summed E-state index contributed by atoms with van der Waals surface area (Å²) in [5.74, 6) is 0. The molecule has 0 saturated heterocycles. The van der Waals surface area contributed by atoms with Crippen LogP contribution in [0.25, 0.3) is 0 Å². The zero-order chi connectivity index (χ0) is 29.6. The second-order valence-corrected chi connectivity index (χ2v) is 15.0. The summed E-state index contributed by atoms with van der Waals surface area (Å²) in [7, 11) is 9.86. The number of nitrogens with zero attached hydrogens (tertiary/aromatic N) is 2. The fourth-order valence-electron chi connectivity index (χ4n) is 6.42. The smallest absolute Gasteiger partial charge is 0.0782 e. The molecule has 0 rings (SSSR count). The Morgan fingerprint density at radius 1 is 0.225 bits per heavy atom. The molecule has 0 amide bonds. The van der Waals surface area contributed by atoms with Crippen molar-refractivity contribution in [3.8, 4) is 0 Å². The van der Waals surface area contributed by atoms with E-state index in [1.165, 1.54) is 215 Å². The molecule has 0 atom stereocenters. The lowest BCUT2D eigenvalue weighted by Crippen LogP contribution is -2.41. The maximum Gasteiger partial charge on any atom is 0.0782 e. The highest BCUT2D eigenvalue weighted by Crippen LogP contribution is 2.15. The first kappa shape index (κ1) is 39.9. The highest BCUT2D eigenvalue weighted by molar-refractivity contribution is 4.51. The minimum absolute atomic E-state index is 1.24. The van der Waals surface area contributed by atoms with Crippen molar-refractivity contribution in [1.29, 1.82) is 0 Å². The Morgan fingerprint density at radius 2 is 0.375 bits per heavy atom. The Labute approximate surface area is 256 Å². The van der Waals surface area contributed by atoms with Gasteiger partial charge < -0.3 is 8.97 Å². The number of hydrogen-bond donors (Lipinski definition) is 0. The van der Waals surface area contributed by atoms with Gasteiger partial charge in [-0.25, -0.2) is 0 Å². The van der Waals surface area contributed by atoms with Gasteiger partial charge in [0.1, 0.15) is 0 Å². The number of quaternary nitrogens is 2. The zero-order valence-electron chi connectivity index (χ0n) is 29.5. The summed E-state index contributed by atoms with van der Waals surface area (Å²) in [6, 6.07) is 0. The predicted molar refractivity (Wildman–Crippen MR) is 184 cm³/mol. The predicted octanol–water partition coefficient (Wildman–Crippen LogP) is 12.1. The molecule has 0 aliphatic rings. The van der Waals surface area contributed by atoms with Crippen molar-refractivity contribution >= 4 is 0 Å². The maximum atomic E-state index is 2.46. The van der Waals surface area contributed by atoms with Crippen LogP contribution in [0.15, 0.2) is 0 Å². The van der Waals surface area contributed by atoms with Gasteiger partial charge in [-0.2, -0.15) is 0 Å². The topological polar surface area (TPSA) is 0 Å². The molecule has 40 heavy (non-hydrogen) atoms. The number of unbranched alkanes of at least 4 members (excludes halogenated alkanes) is 25. The van der Waals surface area contributed by atoms with Gasteiger partial charge in [-0.3, -0.25) is 0 Å². The third-order valence-electron chi connectivity index (χ3n) is 9.51. The Kier molecular flexibility index (Phi) is 29.0. The molecular weight excluding hydrogens is 484 g/mol. The summed E-state index contributed by atoms with van der Waals surface area (Å²) in [5, 5.41) is 0. The van der Waals surface area contributed by atoms with Crippen molar-refractivity contribution in [1.82, 2.24) is 0 Å². The minimum atomic E-state index is 1.24. The van der Waals surface area contributed by atoms with E-state index < -0.39 is 0 Å². The SMILES string of the molecule is CCCCCCCCCCCCC[N+](C)(C)CCCCCCCC[N+](C)(C)CCCCCCCCCCCCC.